The molecule has 0 atom stereocenters. The number of benzene rings is 2. The zero-order valence-corrected chi connectivity index (χ0v) is 12.4. The van der Waals surface area contributed by atoms with Crippen molar-refractivity contribution in [2.24, 2.45) is 0 Å². The van der Waals surface area contributed by atoms with Crippen molar-refractivity contribution in [3.8, 4) is 0 Å². The Hall–Kier alpha value is -1.23. The van der Waals surface area contributed by atoms with Crippen LogP contribution in [0.4, 0.5) is 5.69 Å². The molecule has 0 spiro atoms. The minimum atomic E-state index is -3.67. The van der Waals surface area contributed by atoms with E-state index in [2.05, 4.69) is 4.72 Å². The molecule has 0 radical (unpaired) electrons. The molecule has 100 valence electrons. The Morgan fingerprint density at radius 1 is 1.00 bits per heavy atom. The van der Waals surface area contributed by atoms with Crippen LogP contribution < -0.4 is 4.72 Å². The molecule has 0 aliphatic carbocycles. The number of nitrogens with one attached hydrogen (secondary N) is 1. The van der Waals surface area contributed by atoms with Crippen molar-refractivity contribution in [1.29, 1.82) is 0 Å². The van der Waals surface area contributed by atoms with Gasteiger partial charge >= 0.3 is 0 Å². The quantitative estimate of drug-likeness (QED) is 0.926. The molecule has 0 saturated heterocycles. The lowest BCUT2D eigenvalue weighted by atomic mass is 10.2. The summed E-state index contributed by atoms with van der Waals surface area (Å²) in [6.45, 7) is 1.83. The maximum Gasteiger partial charge on any atom is 0.261 e. The molecule has 0 saturated carbocycles. The van der Waals surface area contributed by atoms with E-state index >= 15 is 0 Å². The fraction of sp³-hybridized carbons (Fsp3) is 0.0769. The Kier molecular flexibility index (Phi) is 4.04. The third kappa shape index (κ3) is 3.21. The number of halogens is 2. The van der Waals surface area contributed by atoms with E-state index in [9.17, 15) is 8.42 Å². The third-order valence-electron chi connectivity index (χ3n) is 2.59. The minimum Gasteiger partial charge on any atom is -0.279 e. The van der Waals surface area contributed by atoms with Crippen molar-refractivity contribution in [2.75, 3.05) is 4.72 Å². The molecule has 0 unspecified atom stereocenters. The highest BCUT2D eigenvalue weighted by Crippen LogP contribution is 2.26. The second-order valence-electron chi connectivity index (χ2n) is 4.00. The summed E-state index contributed by atoms with van der Waals surface area (Å²) in [5, 5.41) is 0.519. The first-order valence-corrected chi connectivity index (χ1v) is 7.67. The van der Waals surface area contributed by atoms with Gasteiger partial charge in [-0.3, -0.25) is 4.72 Å². The molecule has 0 amide bonds. The second kappa shape index (κ2) is 5.41. The van der Waals surface area contributed by atoms with Crippen molar-refractivity contribution in [3.05, 3.63) is 58.1 Å². The molecule has 19 heavy (non-hydrogen) atoms. The molecule has 0 bridgehead atoms. The summed E-state index contributed by atoms with van der Waals surface area (Å²) in [5.74, 6) is 0. The molecule has 2 aromatic carbocycles. The Labute approximate surface area is 122 Å². The number of para-hydroxylation sites is 1. The minimum absolute atomic E-state index is 0.0742. The lowest BCUT2D eigenvalue weighted by Gasteiger charge is -2.10. The number of hydrogen-bond donors (Lipinski definition) is 1. The van der Waals surface area contributed by atoms with Crippen LogP contribution >= 0.6 is 23.2 Å². The lowest BCUT2D eigenvalue weighted by Crippen LogP contribution is -2.13. The molecule has 6 heteroatoms. The Balaban J connectivity index is 2.38. The van der Waals surface area contributed by atoms with E-state index in [4.69, 9.17) is 23.2 Å². The first-order chi connectivity index (χ1) is 8.90. The monoisotopic (exact) mass is 315 g/mol. The smallest absolute Gasteiger partial charge is 0.261 e. The predicted molar refractivity (Wildman–Crippen MR) is 78.4 cm³/mol. The third-order valence-corrected chi connectivity index (χ3v) is 4.69. The molecule has 0 fully saturated rings. The Bertz CT molecular complexity index is 714. The van der Waals surface area contributed by atoms with Crippen LogP contribution in [-0.4, -0.2) is 8.42 Å². The number of sulfonamides is 1. The summed E-state index contributed by atoms with van der Waals surface area (Å²) in [5.41, 5.74) is 1.37. The molecule has 0 heterocycles. The van der Waals surface area contributed by atoms with E-state index < -0.39 is 10.0 Å². The fourth-order valence-electron chi connectivity index (χ4n) is 1.54. The highest BCUT2D eigenvalue weighted by atomic mass is 35.5. The average Bonchev–Trinajstić information content (AvgIpc) is 2.35. The molecule has 1 N–H and O–H groups in total. The highest BCUT2D eigenvalue weighted by molar-refractivity contribution is 7.92. The van der Waals surface area contributed by atoms with Gasteiger partial charge in [-0.1, -0.05) is 41.4 Å². The lowest BCUT2D eigenvalue weighted by molar-refractivity contribution is 0.601. The first kappa shape index (κ1) is 14.2. The fourth-order valence-corrected chi connectivity index (χ4v) is 3.05. The van der Waals surface area contributed by atoms with Crippen molar-refractivity contribution < 1.29 is 8.42 Å². The number of anilines is 1. The number of aryl methyl sites for hydroxylation is 1. The van der Waals surface area contributed by atoms with Crippen LogP contribution in [0.2, 0.25) is 10.0 Å². The van der Waals surface area contributed by atoms with Crippen LogP contribution in [0.5, 0.6) is 0 Å². The van der Waals surface area contributed by atoms with Gasteiger partial charge in [-0.05, 0) is 36.8 Å². The SMILES string of the molecule is Cc1ccccc1NS(=O)(=O)c1ccc(Cl)c(Cl)c1. The van der Waals surface area contributed by atoms with E-state index in [0.717, 1.165) is 5.56 Å². The van der Waals surface area contributed by atoms with E-state index in [0.29, 0.717) is 10.7 Å². The van der Waals surface area contributed by atoms with Crippen LogP contribution in [0.15, 0.2) is 47.4 Å². The van der Waals surface area contributed by atoms with Gasteiger partial charge in [0.1, 0.15) is 0 Å². The summed E-state index contributed by atoms with van der Waals surface area (Å²) in [4.78, 5) is 0.0742. The van der Waals surface area contributed by atoms with Gasteiger partial charge in [-0.2, -0.15) is 0 Å². The van der Waals surface area contributed by atoms with Crippen LogP contribution in [0.25, 0.3) is 0 Å². The molecule has 2 aromatic rings. The van der Waals surface area contributed by atoms with Crippen molar-refractivity contribution in [3.63, 3.8) is 0 Å². The molecular weight excluding hydrogens is 305 g/mol. The van der Waals surface area contributed by atoms with Gasteiger partial charge in [0.2, 0.25) is 0 Å². The highest BCUT2D eigenvalue weighted by Gasteiger charge is 2.16. The van der Waals surface area contributed by atoms with Gasteiger partial charge in [-0.15, -0.1) is 0 Å². The molecule has 2 rings (SSSR count). The van der Waals surface area contributed by atoms with Gasteiger partial charge in [0.15, 0.2) is 0 Å². The maximum atomic E-state index is 12.2. The summed E-state index contributed by atoms with van der Waals surface area (Å²) in [6, 6.07) is 11.3. The van der Waals surface area contributed by atoms with E-state index in [1.54, 1.807) is 12.1 Å². The topological polar surface area (TPSA) is 46.2 Å². The molecular formula is C13H11Cl2NO2S. The van der Waals surface area contributed by atoms with Gasteiger partial charge in [0.05, 0.1) is 20.6 Å². The summed E-state index contributed by atoms with van der Waals surface area (Å²) in [6.07, 6.45) is 0. The maximum absolute atomic E-state index is 12.2. The van der Waals surface area contributed by atoms with Crippen molar-refractivity contribution in [2.45, 2.75) is 11.8 Å². The Morgan fingerprint density at radius 2 is 1.68 bits per heavy atom. The van der Waals surface area contributed by atoms with Crippen LogP contribution in [0.1, 0.15) is 5.56 Å². The normalized spacial score (nSPS) is 11.3. The second-order valence-corrected chi connectivity index (χ2v) is 6.49. The molecule has 0 aromatic heterocycles. The van der Waals surface area contributed by atoms with Gasteiger partial charge < -0.3 is 0 Å². The zero-order chi connectivity index (χ0) is 14.0. The van der Waals surface area contributed by atoms with Crippen LogP contribution in [-0.2, 0) is 10.0 Å². The summed E-state index contributed by atoms with van der Waals surface area (Å²) >= 11 is 11.6. The Morgan fingerprint density at radius 3 is 2.32 bits per heavy atom. The summed E-state index contributed by atoms with van der Waals surface area (Å²) < 4.78 is 26.9. The number of rotatable bonds is 3. The zero-order valence-electron chi connectivity index (χ0n) is 10.0. The standard InChI is InChI=1S/C13H11Cl2NO2S/c1-9-4-2-3-5-13(9)16-19(17,18)10-6-7-11(14)12(15)8-10/h2-8,16H,1H3. The van der Waals surface area contributed by atoms with Crippen molar-refractivity contribution in [1.82, 2.24) is 0 Å². The first-order valence-electron chi connectivity index (χ1n) is 5.43. The van der Waals surface area contributed by atoms with Gasteiger partial charge in [0.25, 0.3) is 10.0 Å². The molecule has 0 aliphatic heterocycles. The van der Waals surface area contributed by atoms with Crippen LogP contribution in [0, 0.1) is 6.92 Å². The van der Waals surface area contributed by atoms with Crippen LogP contribution in [0.3, 0.4) is 0 Å². The van der Waals surface area contributed by atoms with Gasteiger partial charge in [-0.25, -0.2) is 8.42 Å². The molecule has 3 nitrogen and oxygen atoms in total. The number of hydrogen-bond acceptors (Lipinski definition) is 2. The summed E-state index contributed by atoms with van der Waals surface area (Å²) in [7, 11) is -3.67. The van der Waals surface area contributed by atoms with E-state index in [1.807, 2.05) is 19.1 Å². The van der Waals surface area contributed by atoms with E-state index in [-0.39, 0.29) is 9.92 Å². The molecule has 0 aliphatic rings. The van der Waals surface area contributed by atoms with Gasteiger partial charge in [0, 0.05) is 0 Å². The van der Waals surface area contributed by atoms with E-state index in [1.165, 1.54) is 18.2 Å². The van der Waals surface area contributed by atoms with Crippen molar-refractivity contribution >= 4 is 38.9 Å². The average molecular weight is 316 g/mol. The predicted octanol–water partition coefficient (Wildman–Crippen LogP) is 4.10. The largest absolute Gasteiger partial charge is 0.279 e.